The number of fused-ring (bicyclic) bond motifs is 1. The zero-order valence-corrected chi connectivity index (χ0v) is 34.5. The Labute approximate surface area is 341 Å². The van der Waals surface area contributed by atoms with Crippen LogP contribution in [-0.2, 0) is 17.6 Å². The number of nitrogens with zero attached hydrogens (tertiary/aromatic N) is 2. The number of aromatic nitrogens is 2. The second kappa shape index (κ2) is 23.9. The van der Waals surface area contributed by atoms with E-state index in [-0.39, 0.29) is 0 Å². The van der Waals surface area contributed by atoms with Crippen molar-refractivity contribution in [2.75, 3.05) is 5.73 Å². The van der Waals surface area contributed by atoms with E-state index in [0.717, 1.165) is 46.4 Å². The van der Waals surface area contributed by atoms with Gasteiger partial charge in [-0.15, -0.1) is 0 Å². The minimum absolute atomic E-state index is 0.450. The van der Waals surface area contributed by atoms with Gasteiger partial charge in [-0.3, -0.25) is 9.36 Å². The average Bonchev–Trinajstić information content (AvgIpc) is 3.60. The van der Waals surface area contributed by atoms with Crippen molar-refractivity contribution in [3.63, 3.8) is 0 Å². The Morgan fingerprint density at radius 2 is 1.09 bits per heavy atom. The number of benzene rings is 6. The van der Waals surface area contributed by atoms with Crippen molar-refractivity contribution in [2.45, 2.75) is 46.0 Å². The van der Waals surface area contributed by atoms with Gasteiger partial charge in [-0.25, -0.2) is 4.98 Å². The Morgan fingerprint density at radius 3 is 1.65 bits per heavy atom. The number of para-hydroxylation sites is 4. The number of carbonyl (C=O) groups is 1. The van der Waals surface area contributed by atoms with Gasteiger partial charge in [0.1, 0.15) is 12.1 Å². The van der Waals surface area contributed by atoms with Gasteiger partial charge >= 0.3 is 41.5 Å². The molecule has 7 rings (SSSR count). The monoisotopic (exact) mass is 836 g/mol. The molecule has 10 heteroatoms. The molecule has 0 bridgehead atoms. The molecule has 0 saturated heterocycles. The van der Waals surface area contributed by atoms with Crippen LogP contribution in [0.15, 0.2) is 158 Å². The third-order valence-corrected chi connectivity index (χ3v) is 8.44. The summed E-state index contributed by atoms with van der Waals surface area (Å²) in [6.07, 6.45) is 1.75. The van der Waals surface area contributed by atoms with E-state index in [9.17, 15) is 4.79 Å². The van der Waals surface area contributed by atoms with Gasteiger partial charge < -0.3 is 5.73 Å². The van der Waals surface area contributed by atoms with Gasteiger partial charge in [0.05, 0.1) is 16.7 Å². The number of nitrogen functional groups attached to an aromatic ring is 1. The number of aldehydes is 1. The molecule has 0 spiro atoms. The molecule has 0 radical (unpaired) electrons. The zero-order chi connectivity index (χ0) is 40.2. The first kappa shape index (κ1) is 44.6. The fourth-order valence-electron chi connectivity index (χ4n) is 5.92. The summed E-state index contributed by atoms with van der Waals surface area (Å²) in [4.78, 5) is 28.9. The zero-order valence-electron chi connectivity index (χ0n) is 31.1. The van der Waals surface area contributed by atoms with Crippen molar-refractivity contribution in [3.05, 3.63) is 195 Å². The van der Waals surface area contributed by atoms with E-state index >= 15 is 0 Å². The van der Waals surface area contributed by atoms with Crippen LogP contribution in [0.25, 0.3) is 28.1 Å². The molecule has 0 aliphatic heterocycles. The number of nitrogens with two attached hydrogens (primary N) is 1. The van der Waals surface area contributed by atoms with Gasteiger partial charge in [0.2, 0.25) is 0 Å². The third-order valence-electron chi connectivity index (χ3n) is 8.44. The van der Waals surface area contributed by atoms with E-state index in [2.05, 4.69) is 129 Å². The molecule has 0 atom stereocenters. The van der Waals surface area contributed by atoms with E-state index < -0.39 is 11.2 Å². The molecule has 0 saturated carbocycles. The summed E-state index contributed by atoms with van der Waals surface area (Å²) in [5, 5.41) is 0. The van der Waals surface area contributed by atoms with Crippen LogP contribution in [0.1, 0.15) is 72.1 Å². The predicted octanol–water partition coefficient (Wildman–Crippen LogP) is 13.4. The van der Waals surface area contributed by atoms with Crippen LogP contribution < -0.4 is 5.73 Å². The van der Waals surface area contributed by atoms with Crippen LogP contribution in [-0.4, -0.2) is 15.8 Å². The molecule has 0 aliphatic carbocycles. The maximum atomic E-state index is 10.0. The molecule has 2 N–H and O–H groups in total. The van der Waals surface area contributed by atoms with Crippen LogP contribution in [0, 0.1) is 9.93 Å². The summed E-state index contributed by atoms with van der Waals surface area (Å²) in [7, 11) is 14.7. The number of halogens is 3. The van der Waals surface area contributed by atoms with E-state index in [1.165, 1.54) is 27.9 Å². The Morgan fingerprint density at radius 1 is 0.618 bits per heavy atom. The molecule has 1 aromatic heterocycles. The van der Waals surface area contributed by atoms with Crippen molar-refractivity contribution < 1.29 is 16.0 Å². The standard InChI is InChI=1S/C22H20N2.C16H19N.C7H6O.3ClH.Fe.O2/c1-16(2)18-12-6-8-14-20(18)24-21-15-9-7-13-19(21)23-22(24)17-10-4-3-5-11-17;1-12(2)15-9-5-3-7-13(15)11-14-8-4-6-10-16(14)17;8-6-7-4-2-1-3-5-7;;;;;1-2/h3-16H,1-2H3;3-10,12H,11,17H2,1-2H3;1-6H;3*1H;;/q;;;;;;+3;/p-3. The fourth-order valence-corrected chi connectivity index (χ4v) is 5.92. The Kier molecular flexibility index (Phi) is 19.4. The Hall–Kier alpha value is -4.75. The van der Waals surface area contributed by atoms with Crippen LogP contribution in [0.3, 0.4) is 0 Å². The molecular formula is C45H45Cl3FeN3O3. The number of anilines is 1. The van der Waals surface area contributed by atoms with Crippen molar-refractivity contribution in [1.82, 2.24) is 9.55 Å². The van der Waals surface area contributed by atoms with E-state index in [1.807, 2.05) is 48.5 Å². The summed E-state index contributed by atoms with van der Waals surface area (Å²) in [6.45, 7) is 8.93. The number of hydrogen-bond donors (Lipinski definition) is 1. The van der Waals surface area contributed by atoms with Crippen molar-refractivity contribution in [2.24, 2.45) is 0 Å². The number of hydrogen-bond acceptors (Lipinski definition) is 5. The van der Waals surface area contributed by atoms with Gasteiger partial charge in [-0.05, 0) is 64.8 Å². The van der Waals surface area contributed by atoms with Crippen LogP contribution in [0.2, 0.25) is 0 Å². The van der Waals surface area contributed by atoms with Gasteiger partial charge in [-0.1, -0.05) is 161 Å². The van der Waals surface area contributed by atoms with E-state index in [0.29, 0.717) is 11.8 Å². The summed E-state index contributed by atoms with van der Waals surface area (Å²) < 4.78 is 2.29. The Balaban J connectivity index is 0.000000227. The molecule has 287 valence electrons. The van der Waals surface area contributed by atoms with E-state index in [4.69, 9.17) is 50.9 Å². The molecule has 0 amide bonds. The average molecular weight is 838 g/mol. The third kappa shape index (κ3) is 13.8. The second-order valence-electron chi connectivity index (χ2n) is 12.7. The fraction of sp³-hybridized carbons (Fsp3) is 0.156. The normalized spacial score (nSPS) is 10.4. The SMILES string of the molecule is CC(C)c1ccccc1-n1c(-c2ccccc2)nc2ccccc21.CC(C)c1ccccc1Cc1ccccc1N.O=Cc1ccccc1.O=O.[Cl][Fe]([Cl])[Cl]. The molecule has 0 unspecified atom stereocenters. The minimum atomic E-state index is -1.33. The van der Waals surface area contributed by atoms with Gasteiger partial charge in [-0.2, -0.15) is 0 Å². The maximum absolute atomic E-state index is 10.0. The second-order valence-corrected chi connectivity index (χ2v) is 18.2. The summed E-state index contributed by atoms with van der Waals surface area (Å²) in [5.41, 5.74) is 17.4. The van der Waals surface area contributed by atoms with Gasteiger partial charge in [0.15, 0.2) is 0 Å². The first-order chi connectivity index (χ1) is 26.6. The summed E-state index contributed by atoms with van der Waals surface area (Å²) in [6, 6.07) is 53.2. The molecule has 6 aromatic carbocycles. The number of carbonyl (C=O) groups excluding carboxylic acids is 1. The molecule has 6 nitrogen and oxygen atoms in total. The van der Waals surface area contributed by atoms with Crippen LogP contribution >= 0.6 is 30.3 Å². The molecule has 1 heterocycles. The van der Waals surface area contributed by atoms with E-state index in [1.54, 1.807) is 12.1 Å². The molecular weight excluding hydrogens is 793 g/mol. The number of rotatable bonds is 7. The summed E-state index contributed by atoms with van der Waals surface area (Å²) in [5.74, 6) is 1.99. The Bertz CT molecular complexity index is 2180. The first-order valence-electron chi connectivity index (χ1n) is 17.5. The molecule has 55 heavy (non-hydrogen) atoms. The topological polar surface area (TPSA) is 95.1 Å². The van der Waals surface area contributed by atoms with Crippen molar-refractivity contribution >= 4 is 53.3 Å². The molecule has 0 aliphatic rings. The predicted molar refractivity (Wildman–Crippen MR) is 231 cm³/mol. The van der Waals surface area contributed by atoms with Crippen molar-refractivity contribution in [1.29, 1.82) is 0 Å². The van der Waals surface area contributed by atoms with Crippen LogP contribution in [0.4, 0.5) is 5.69 Å². The van der Waals surface area contributed by atoms with Crippen molar-refractivity contribution in [3.8, 4) is 17.1 Å². The first-order valence-corrected chi connectivity index (χ1v) is 22.0. The summed E-state index contributed by atoms with van der Waals surface area (Å²) >= 11 is -1.33. The number of imidazole rings is 1. The van der Waals surface area contributed by atoms with Gasteiger partial charge in [0, 0.05) is 26.7 Å². The molecule has 7 aromatic rings. The molecule has 0 fully saturated rings. The van der Waals surface area contributed by atoms with Gasteiger partial charge in [0.25, 0.3) is 0 Å². The quantitative estimate of drug-likeness (QED) is 0.0980. The van der Waals surface area contributed by atoms with Crippen LogP contribution in [0.5, 0.6) is 0 Å².